The molecule has 1 aliphatic carbocycles. The summed E-state index contributed by atoms with van der Waals surface area (Å²) in [6.07, 6.45) is 5.94. The van der Waals surface area contributed by atoms with Crippen LogP contribution in [0, 0.1) is 5.92 Å². The van der Waals surface area contributed by atoms with Crippen molar-refractivity contribution < 1.29 is 5.11 Å². The molecule has 78 valence electrons. The molecule has 0 aromatic rings. The first-order chi connectivity index (χ1) is 6.13. The number of hydrogen-bond acceptors (Lipinski definition) is 3. The van der Waals surface area contributed by atoms with Crippen LogP contribution in [0.4, 0.5) is 0 Å². The molecule has 1 fully saturated rings. The van der Waals surface area contributed by atoms with Gasteiger partial charge in [0.15, 0.2) is 0 Å². The van der Waals surface area contributed by atoms with Gasteiger partial charge in [-0.2, -0.15) is 0 Å². The van der Waals surface area contributed by atoms with Crippen LogP contribution >= 0.6 is 0 Å². The first kappa shape index (κ1) is 11.0. The van der Waals surface area contributed by atoms with Crippen molar-refractivity contribution in [3.05, 3.63) is 0 Å². The molecule has 3 N–H and O–H groups in total. The van der Waals surface area contributed by atoms with Crippen LogP contribution < -0.4 is 5.84 Å². The first-order valence-corrected chi connectivity index (χ1v) is 5.28. The minimum Gasteiger partial charge on any atom is -0.391 e. The van der Waals surface area contributed by atoms with Crippen molar-refractivity contribution >= 4 is 0 Å². The molecule has 3 heteroatoms. The van der Waals surface area contributed by atoms with Crippen LogP contribution in [0.2, 0.25) is 0 Å². The Hall–Kier alpha value is -0.120. The van der Waals surface area contributed by atoms with Crippen LogP contribution in [0.3, 0.4) is 0 Å². The second-order valence-electron chi connectivity index (χ2n) is 4.29. The van der Waals surface area contributed by atoms with Gasteiger partial charge < -0.3 is 5.11 Å². The van der Waals surface area contributed by atoms with Crippen molar-refractivity contribution in [2.24, 2.45) is 11.8 Å². The van der Waals surface area contributed by atoms with Crippen molar-refractivity contribution in [2.45, 2.75) is 51.2 Å². The Kier molecular flexibility index (Phi) is 4.16. The van der Waals surface area contributed by atoms with Crippen molar-refractivity contribution in [2.75, 3.05) is 7.05 Å². The highest BCUT2D eigenvalue weighted by Crippen LogP contribution is 2.28. The predicted molar refractivity (Wildman–Crippen MR) is 54.0 cm³/mol. The highest BCUT2D eigenvalue weighted by molar-refractivity contribution is 4.79. The van der Waals surface area contributed by atoms with Gasteiger partial charge in [0.05, 0.1) is 6.10 Å². The van der Waals surface area contributed by atoms with Crippen molar-refractivity contribution in [3.63, 3.8) is 0 Å². The summed E-state index contributed by atoms with van der Waals surface area (Å²) in [6.45, 7) is 1.99. The Labute approximate surface area is 80.9 Å². The summed E-state index contributed by atoms with van der Waals surface area (Å²) in [6, 6.07) is 0.0723. The minimum atomic E-state index is -0.254. The number of hydrogen-bond donors (Lipinski definition) is 2. The summed E-state index contributed by atoms with van der Waals surface area (Å²) >= 11 is 0. The van der Waals surface area contributed by atoms with Gasteiger partial charge in [-0.15, -0.1) is 0 Å². The summed E-state index contributed by atoms with van der Waals surface area (Å²) in [5, 5.41) is 11.6. The van der Waals surface area contributed by atoms with E-state index < -0.39 is 0 Å². The lowest BCUT2D eigenvalue weighted by atomic mass is 9.83. The van der Waals surface area contributed by atoms with Gasteiger partial charge in [-0.05, 0) is 25.7 Å². The monoisotopic (exact) mass is 186 g/mol. The molecule has 0 amide bonds. The Bertz CT molecular complexity index is 144. The van der Waals surface area contributed by atoms with E-state index in [1.807, 2.05) is 14.0 Å². The van der Waals surface area contributed by atoms with Gasteiger partial charge >= 0.3 is 0 Å². The fourth-order valence-corrected chi connectivity index (χ4v) is 2.11. The average molecular weight is 186 g/mol. The van der Waals surface area contributed by atoms with Crippen LogP contribution in [0.1, 0.15) is 39.0 Å². The molecule has 3 nitrogen and oxygen atoms in total. The van der Waals surface area contributed by atoms with E-state index in [-0.39, 0.29) is 12.1 Å². The molecular formula is C10H22N2O. The van der Waals surface area contributed by atoms with E-state index in [1.54, 1.807) is 5.01 Å². The molecule has 0 bridgehead atoms. The summed E-state index contributed by atoms with van der Waals surface area (Å²) in [5.74, 6) is 6.08. The average Bonchev–Trinajstić information content (AvgIpc) is 2.17. The normalized spacial score (nSPS) is 24.7. The van der Waals surface area contributed by atoms with Crippen LogP contribution in [-0.4, -0.2) is 29.3 Å². The zero-order valence-electron chi connectivity index (χ0n) is 8.74. The minimum absolute atomic E-state index is 0.0723. The molecule has 0 aliphatic heterocycles. The van der Waals surface area contributed by atoms with E-state index in [0.29, 0.717) is 5.92 Å². The first-order valence-electron chi connectivity index (χ1n) is 5.28. The largest absolute Gasteiger partial charge is 0.391 e. The van der Waals surface area contributed by atoms with Gasteiger partial charge in [0.2, 0.25) is 0 Å². The number of rotatable bonds is 3. The molecule has 2 atom stereocenters. The molecule has 0 radical (unpaired) electrons. The summed E-state index contributed by atoms with van der Waals surface area (Å²) in [7, 11) is 1.82. The molecule has 2 unspecified atom stereocenters. The quantitative estimate of drug-likeness (QED) is 0.513. The molecule has 1 saturated carbocycles. The number of nitrogens with zero attached hydrogens (tertiary/aromatic N) is 1. The molecular weight excluding hydrogens is 164 g/mol. The number of likely N-dealkylation sites (N-methyl/N-ethyl adjacent to an activating group) is 1. The summed E-state index contributed by atoms with van der Waals surface area (Å²) in [4.78, 5) is 0. The Morgan fingerprint density at radius 2 is 1.85 bits per heavy atom. The maximum absolute atomic E-state index is 9.99. The fraction of sp³-hybridized carbons (Fsp3) is 1.00. The van der Waals surface area contributed by atoms with Crippen molar-refractivity contribution in [1.29, 1.82) is 0 Å². The topological polar surface area (TPSA) is 49.5 Å². The van der Waals surface area contributed by atoms with Crippen LogP contribution in [0.25, 0.3) is 0 Å². The van der Waals surface area contributed by atoms with Gasteiger partial charge in [0.1, 0.15) is 0 Å². The fourth-order valence-electron chi connectivity index (χ4n) is 2.11. The molecule has 0 saturated heterocycles. The van der Waals surface area contributed by atoms with Crippen molar-refractivity contribution in [3.8, 4) is 0 Å². The van der Waals surface area contributed by atoms with Crippen molar-refractivity contribution in [1.82, 2.24) is 5.01 Å². The van der Waals surface area contributed by atoms with Gasteiger partial charge in [-0.25, -0.2) is 5.01 Å². The third-order valence-electron chi connectivity index (χ3n) is 3.27. The van der Waals surface area contributed by atoms with E-state index in [2.05, 4.69) is 0 Å². The van der Waals surface area contributed by atoms with E-state index in [0.717, 1.165) is 0 Å². The van der Waals surface area contributed by atoms with E-state index in [4.69, 9.17) is 5.84 Å². The molecule has 0 heterocycles. The predicted octanol–water partition coefficient (Wildman–Crippen LogP) is 1.12. The lowest BCUT2D eigenvalue weighted by molar-refractivity contribution is 0.0145. The zero-order valence-corrected chi connectivity index (χ0v) is 8.74. The second kappa shape index (κ2) is 4.94. The van der Waals surface area contributed by atoms with E-state index in [1.165, 1.54) is 32.1 Å². The number of nitrogens with two attached hydrogens (primary N) is 1. The molecule has 0 aromatic carbocycles. The van der Waals surface area contributed by atoms with Crippen LogP contribution in [-0.2, 0) is 0 Å². The number of aliphatic hydroxyl groups is 1. The SMILES string of the molecule is CC(C(O)C1CCCCC1)N(C)N. The Morgan fingerprint density at radius 3 is 2.31 bits per heavy atom. The Balaban J connectivity index is 2.40. The lowest BCUT2D eigenvalue weighted by Gasteiger charge is -2.33. The number of hydrazine groups is 1. The zero-order chi connectivity index (χ0) is 9.84. The lowest BCUT2D eigenvalue weighted by Crippen LogP contribution is -2.46. The highest BCUT2D eigenvalue weighted by atomic mass is 16.3. The third kappa shape index (κ3) is 2.93. The van der Waals surface area contributed by atoms with Gasteiger partial charge in [0.25, 0.3) is 0 Å². The van der Waals surface area contributed by atoms with Crippen LogP contribution in [0.5, 0.6) is 0 Å². The third-order valence-corrected chi connectivity index (χ3v) is 3.27. The van der Waals surface area contributed by atoms with E-state index >= 15 is 0 Å². The molecule has 13 heavy (non-hydrogen) atoms. The number of aliphatic hydroxyl groups excluding tert-OH is 1. The van der Waals surface area contributed by atoms with Gasteiger partial charge in [-0.1, -0.05) is 19.3 Å². The van der Waals surface area contributed by atoms with Gasteiger partial charge in [0, 0.05) is 13.1 Å². The van der Waals surface area contributed by atoms with Gasteiger partial charge in [-0.3, -0.25) is 5.84 Å². The van der Waals surface area contributed by atoms with Crippen LogP contribution in [0.15, 0.2) is 0 Å². The molecule has 1 rings (SSSR count). The maximum atomic E-state index is 9.99. The molecule has 1 aliphatic rings. The molecule has 0 spiro atoms. The highest BCUT2D eigenvalue weighted by Gasteiger charge is 2.27. The smallest absolute Gasteiger partial charge is 0.0734 e. The van der Waals surface area contributed by atoms with E-state index in [9.17, 15) is 5.11 Å². The molecule has 0 aromatic heterocycles. The Morgan fingerprint density at radius 1 is 1.31 bits per heavy atom. The second-order valence-corrected chi connectivity index (χ2v) is 4.29. The maximum Gasteiger partial charge on any atom is 0.0734 e. The summed E-state index contributed by atoms with van der Waals surface area (Å²) in [5.41, 5.74) is 0. The standard InChI is InChI=1S/C10H22N2O/c1-8(12(2)11)10(13)9-6-4-3-5-7-9/h8-10,13H,3-7,11H2,1-2H3. The summed E-state index contributed by atoms with van der Waals surface area (Å²) < 4.78 is 0.